The number of carbonyl (C=O) groups excluding carboxylic acids is 9. The third-order valence-electron chi connectivity index (χ3n) is 15.5. The number of aliphatic imine (C=N–C) groups is 1. The summed E-state index contributed by atoms with van der Waals surface area (Å²) in [6.07, 6.45) is 3.51. The number of fused-ring (bicyclic) bond motifs is 1. The number of aromatic amines is 1. The summed E-state index contributed by atoms with van der Waals surface area (Å²) in [5.74, 6) is -7.82. The van der Waals surface area contributed by atoms with E-state index >= 15 is 4.79 Å². The SMILES string of the molecule is CC(C)C[C@H](NC(=O)[C@@H]1CCCN1C(=O)[C@@H]1CCCN1C(=O)[C@H](Cc1c[nH]c2ccccc12)NC(=O)[C@@H]1CCCN1C(=O)[C@H](C)NC(=O)[C@@H](N)C(C)C)C(=O)N[C@H](C(=O)N[C@@H](CCCN=C(N)N)C(=O)N[C@@H](CCCCN)C(=O)O)[C@@H](C)O. The van der Waals surface area contributed by atoms with Gasteiger partial charge in [0, 0.05) is 49.7 Å². The van der Waals surface area contributed by atoms with Gasteiger partial charge in [-0.15, -0.1) is 0 Å². The second-order valence-electron chi connectivity index (χ2n) is 22.8. The highest BCUT2D eigenvalue weighted by molar-refractivity contribution is 5.99. The first-order valence-corrected chi connectivity index (χ1v) is 29.0. The van der Waals surface area contributed by atoms with Crippen LogP contribution in [0.25, 0.3) is 10.9 Å². The normalized spacial score (nSPS) is 19.9. The van der Waals surface area contributed by atoms with Crippen molar-refractivity contribution in [1.29, 1.82) is 0 Å². The van der Waals surface area contributed by atoms with Gasteiger partial charge in [0.15, 0.2) is 5.96 Å². The van der Waals surface area contributed by atoms with Gasteiger partial charge in [0.1, 0.15) is 54.4 Å². The van der Waals surface area contributed by atoms with E-state index in [9.17, 15) is 53.4 Å². The molecule has 460 valence electrons. The Balaban J connectivity index is 1.31. The Morgan fingerprint density at radius 1 is 0.663 bits per heavy atom. The minimum Gasteiger partial charge on any atom is -0.480 e. The molecule has 3 fully saturated rings. The number of hydrogen-bond donors (Lipinski definition) is 13. The number of guanidine groups is 1. The summed E-state index contributed by atoms with van der Waals surface area (Å²) in [6, 6.07) is -4.23. The first kappa shape index (κ1) is 66.4. The minimum absolute atomic E-state index is 0.0254. The molecule has 0 saturated carbocycles. The van der Waals surface area contributed by atoms with Gasteiger partial charge < -0.3 is 84.7 Å². The number of rotatable bonds is 30. The van der Waals surface area contributed by atoms with Gasteiger partial charge in [-0.2, -0.15) is 0 Å². The van der Waals surface area contributed by atoms with Crippen molar-refractivity contribution in [2.75, 3.05) is 32.7 Å². The maximum absolute atomic E-state index is 15.0. The quantitative estimate of drug-likeness (QED) is 0.0235. The molecule has 2 aromatic rings. The lowest BCUT2D eigenvalue weighted by molar-refractivity contribution is -0.148. The molecule has 0 radical (unpaired) electrons. The Bertz CT molecular complexity index is 2640. The molecule has 1 aromatic carbocycles. The van der Waals surface area contributed by atoms with Crippen molar-refractivity contribution in [2.45, 2.75) is 192 Å². The Labute approximate surface area is 484 Å². The molecule has 3 aliphatic rings. The predicted molar refractivity (Wildman–Crippen MR) is 308 cm³/mol. The summed E-state index contributed by atoms with van der Waals surface area (Å²) in [7, 11) is 0. The maximum atomic E-state index is 15.0. The number of likely N-dealkylation sites (tertiary alicyclic amines) is 3. The molecule has 0 aliphatic carbocycles. The standard InChI is InChI=1S/C56H89N15O12/c1-30(2)27-39(47(74)68-45(33(6)72)51(78)64-37(18-11-23-61-56(59)60)46(73)65-38(55(82)83)17-9-10-22-57)66-48(75)42-20-13-25-70(42)54(81)43-21-14-26-71(43)53(80)40(28-34-29-62-36-16-8-7-15-35(34)36)67-49(76)41-19-12-24-69(41)52(79)32(5)63-50(77)44(58)31(3)4/h7-8,15-16,29-33,37-45,62,72H,9-14,17-28,57-58H2,1-6H3,(H,63,77)(H,64,78)(H,65,73)(H,66,75)(H,67,76)(H,68,74)(H,82,83)(H4,59,60,61)/t32-,33+,37-,38-,39-,40-,41-,42-,43-,44-,45-/m0/s1. The van der Waals surface area contributed by atoms with Crippen molar-refractivity contribution < 1.29 is 58.2 Å². The van der Waals surface area contributed by atoms with E-state index in [0.29, 0.717) is 45.1 Å². The van der Waals surface area contributed by atoms with Crippen LogP contribution in [0.15, 0.2) is 35.5 Å². The second kappa shape index (κ2) is 31.3. The fourth-order valence-electron chi connectivity index (χ4n) is 10.9. The van der Waals surface area contributed by atoms with E-state index in [-0.39, 0.29) is 88.9 Å². The summed E-state index contributed by atoms with van der Waals surface area (Å²) in [5.41, 5.74) is 24.0. The molecule has 0 spiro atoms. The summed E-state index contributed by atoms with van der Waals surface area (Å²) in [5, 5.41) is 37.4. The lowest BCUT2D eigenvalue weighted by Crippen LogP contribution is -2.61. The van der Waals surface area contributed by atoms with Crippen LogP contribution in [0.5, 0.6) is 0 Å². The zero-order valence-corrected chi connectivity index (χ0v) is 48.7. The number of hydrogen-bond acceptors (Lipinski definition) is 14. The third kappa shape index (κ3) is 18.3. The number of carbonyl (C=O) groups is 10. The van der Waals surface area contributed by atoms with Crippen LogP contribution in [-0.2, 0) is 54.4 Å². The second-order valence-corrected chi connectivity index (χ2v) is 22.8. The van der Waals surface area contributed by atoms with Gasteiger partial charge in [-0.3, -0.25) is 48.1 Å². The highest BCUT2D eigenvalue weighted by atomic mass is 16.4. The third-order valence-corrected chi connectivity index (χ3v) is 15.5. The van der Waals surface area contributed by atoms with Crippen molar-refractivity contribution in [2.24, 2.45) is 39.8 Å². The van der Waals surface area contributed by atoms with Crippen LogP contribution >= 0.6 is 0 Å². The number of aliphatic carboxylic acids is 1. The average Bonchev–Trinajstić information content (AvgIpc) is 4.46. The molecule has 17 N–H and O–H groups in total. The number of carboxylic acid groups (broad SMARTS) is 1. The van der Waals surface area contributed by atoms with Crippen LogP contribution in [0.3, 0.4) is 0 Å². The lowest BCUT2D eigenvalue weighted by Gasteiger charge is -2.34. The zero-order valence-electron chi connectivity index (χ0n) is 48.7. The van der Waals surface area contributed by atoms with Gasteiger partial charge in [0.25, 0.3) is 0 Å². The molecule has 3 saturated heterocycles. The maximum Gasteiger partial charge on any atom is 0.326 e. The van der Waals surface area contributed by atoms with Crippen LogP contribution in [0.4, 0.5) is 0 Å². The summed E-state index contributed by atoms with van der Waals surface area (Å²) >= 11 is 0. The smallest absolute Gasteiger partial charge is 0.326 e. The van der Waals surface area contributed by atoms with Crippen LogP contribution in [0, 0.1) is 11.8 Å². The highest BCUT2D eigenvalue weighted by Crippen LogP contribution is 2.28. The van der Waals surface area contributed by atoms with Gasteiger partial charge in [0.2, 0.25) is 53.2 Å². The first-order chi connectivity index (χ1) is 39.3. The van der Waals surface area contributed by atoms with Gasteiger partial charge in [0.05, 0.1) is 12.1 Å². The molecule has 83 heavy (non-hydrogen) atoms. The van der Waals surface area contributed by atoms with Gasteiger partial charge in [-0.25, -0.2) is 4.79 Å². The molecular formula is C56H89N15O12. The van der Waals surface area contributed by atoms with E-state index in [1.807, 2.05) is 24.3 Å². The topological polar surface area (TPSA) is 425 Å². The fourth-order valence-corrected chi connectivity index (χ4v) is 10.9. The van der Waals surface area contributed by atoms with Crippen molar-refractivity contribution >= 4 is 76.0 Å². The molecule has 0 bridgehead atoms. The number of unbranched alkanes of at least 4 members (excludes halogenated alkanes) is 1. The van der Waals surface area contributed by atoms with Crippen LogP contribution in [-0.4, -0.2) is 194 Å². The van der Waals surface area contributed by atoms with Crippen molar-refractivity contribution in [3.63, 3.8) is 0 Å². The molecule has 4 heterocycles. The molecule has 3 aliphatic heterocycles. The van der Waals surface area contributed by atoms with Crippen LogP contribution in [0.1, 0.15) is 124 Å². The summed E-state index contributed by atoms with van der Waals surface area (Å²) < 4.78 is 0. The molecule has 27 nitrogen and oxygen atoms in total. The first-order valence-electron chi connectivity index (χ1n) is 29.0. The monoisotopic (exact) mass is 1160 g/mol. The number of para-hydroxylation sites is 1. The summed E-state index contributed by atoms with van der Waals surface area (Å²) in [4.78, 5) is 150. The van der Waals surface area contributed by atoms with E-state index in [4.69, 9.17) is 22.9 Å². The van der Waals surface area contributed by atoms with Gasteiger partial charge >= 0.3 is 5.97 Å². The number of nitrogens with one attached hydrogen (secondary N) is 7. The van der Waals surface area contributed by atoms with E-state index in [1.165, 1.54) is 28.5 Å². The van der Waals surface area contributed by atoms with Crippen molar-refractivity contribution in [1.82, 2.24) is 51.6 Å². The Morgan fingerprint density at radius 2 is 1.23 bits per heavy atom. The lowest BCUT2D eigenvalue weighted by atomic mass is 10.0. The van der Waals surface area contributed by atoms with Crippen LogP contribution in [0.2, 0.25) is 0 Å². The molecule has 1 aromatic heterocycles. The highest BCUT2D eigenvalue weighted by Gasteiger charge is 2.46. The van der Waals surface area contributed by atoms with Gasteiger partial charge in [-0.1, -0.05) is 45.9 Å². The molecule has 5 rings (SSSR count). The average molecular weight is 1160 g/mol. The number of nitrogens with zero attached hydrogens (tertiary/aromatic N) is 4. The molecule has 9 amide bonds. The number of aromatic nitrogens is 1. The number of H-pyrrole nitrogens is 1. The van der Waals surface area contributed by atoms with Gasteiger partial charge in [-0.05, 0) is 121 Å². The Hall–Kier alpha value is -7.39. The number of amides is 9. The fraction of sp³-hybridized carbons (Fsp3) is 0.661. The molecular weight excluding hydrogens is 1070 g/mol. The van der Waals surface area contributed by atoms with E-state index < -0.39 is 126 Å². The summed E-state index contributed by atoms with van der Waals surface area (Å²) in [6.45, 7) is 10.9. The van der Waals surface area contributed by atoms with Crippen molar-refractivity contribution in [3.05, 3.63) is 36.0 Å². The predicted octanol–water partition coefficient (Wildman–Crippen LogP) is -1.71. The van der Waals surface area contributed by atoms with E-state index in [0.717, 1.165) is 16.5 Å². The van der Waals surface area contributed by atoms with Crippen LogP contribution < -0.4 is 54.8 Å². The van der Waals surface area contributed by atoms with E-state index in [2.05, 4.69) is 41.9 Å². The number of carboxylic acids is 1. The Kier molecular flexibility index (Phi) is 25.1. The zero-order chi connectivity index (χ0) is 61.2. The number of aliphatic hydroxyl groups is 1. The Morgan fingerprint density at radius 3 is 1.83 bits per heavy atom. The minimum atomic E-state index is -1.67. The number of nitrogens with two attached hydrogens (primary N) is 4. The number of benzene rings is 1. The molecule has 11 atom stereocenters. The number of aliphatic hydroxyl groups excluding tert-OH is 1. The van der Waals surface area contributed by atoms with Crippen molar-refractivity contribution in [3.8, 4) is 0 Å². The largest absolute Gasteiger partial charge is 0.480 e. The van der Waals surface area contributed by atoms with E-state index in [1.54, 1.807) is 33.9 Å². The molecule has 0 unspecified atom stereocenters. The molecule has 27 heteroatoms.